The average molecular weight is 353 g/mol. The smallest absolute Gasteiger partial charge is 0.242 e. The van der Waals surface area contributed by atoms with E-state index < -0.39 is 22.0 Å². The number of hydrogen-bond donors (Lipinski definition) is 2. The average Bonchev–Trinajstić information content (AvgIpc) is 2.70. The Morgan fingerprint density at radius 1 is 1.33 bits per heavy atom. The van der Waals surface area contributed by atoms with Gasteiger partial charge in [0.15, 0.2) is 0 Å². The number of rotatable bonds is 5. The van der Waals surface area contributed by atoms with Crippen molar-refractivity contribution < 1.29 is 18.0 Å². The van der Waals surface area contributed by atoms with Gasteiger partial charge >= 0.3 is 0 Å². The molecule has 1 aliphatic rings. The normalized spacial score (nSPS) is 18.4. The molecule has 2 rings (SSSR count). The maximum absolute atomic E-state index is 12.3. The van der Waals surface area contributed by atoms with E-state index in [0.29, 0.717) is 18.7 Å². The molecule has 7 nitrogen and oxygen atoms in total. The Hall–Kier alpha value is -2.09. The summed E-state index contributed by atoms with van der Waals surface area (Å²) >= 11 is 0. The second kappa shape index (κ2) is 7.65. The summed E-state index contributed by atoms with van der Waals surface area (Å²) in [5.41, 5.74) is 1.21. The summed E-state index contributed by atoms with van der Waals surface area (Å²) in [7, 11) is -3.63. The maximum Gasteiger partial charge on any atom is 0.242 e. The molecular weight excluding hydrogens is 330 g/mol. The van der Waals surface area contributed by atoms with Gasteiger partial charge < -0.3 is 10.6 Å². The Morgan fingerprint density at radius 2 is 2.04 bits per heavy atom. The van der Waals surface area contributed by atoms with Crippen LogP contribution in [0.15, 0.2) is 24.3 Å². The lowest BCUT2D eigenvalue weighted by molar-refractivity contribution is -0.128. The van der Waals surface area contributed by atoms with Crippen molar-refractivity contribution in [3.05, 3.63) is 29.8 Å². The molecule has 0 aromatic heterocycles. The second-order valence-electron chi connectivity index (χ2n) is 5.96. The van der Waals surface area contributed by atoms with E-state index in [1.807, 2.05) is 0 Å². The number of sulfonamides is 1. The molecule has 1 atom stereocenters. The van der Waals surface area contributed by atoms with Crippen molar-refractivity contribution in [3.8, 4) is 0 Å². The fourth-order valence-electron chi connectivity index (χ4n) is 2.67. The molecule has 8 heteroatoms. The zero-order chi connectivity index (χ0) is 17.7. The number of carbonyl (C=O) groups is 2. The third kappa shape index (κ3) is 4.70. The Morgan fingerprint density at radius 3 is 2.71 bits per heavy atom. The van der Waals surface area contributed by atoms with Gasteiger partial charge in [-0.1, -0.05) is 18.2 Å². The molecule has 0 radical (unpaired) electrons. The predicted octanol–water partition coefficient (Wildman–Crippen LogP) is 0.546. The van der Waals surface area contributed by atoms with Crippen LogP contribution in [-0.2, 0) is 19.6 Å². The van der Waals surface area contributed by atoms with E-state index in [9.17, 15) is 18.0 Å². The third-order valence-electron chi connectivity index (χ3n) is 3.94. The van der Waals surface area contributed by atoms with Gasteiger partial charge in [0.2, 0.25) is 21.8 Å². The lowest BCUT2D eigenvalue weighted by Crippen LogP contribution is -2.49. The minimum atomic E-state index is -3.63. The summed E-state index contributed by atoms with van der Waals surface area (Å²) in [5, 5.41) is 5.38. The molecule has 0 bridgehead atoms. The van der Waals surface area contributed by atoms with E-state index in [0.717, 1.165) is 29.0 Å². The van der Waals surface area contributed by atoms with Gasteiger partial charge in [-0.15, -0.1) is 0 Å². The van der Waals surface area contributed by atoms with E-state index >= 15 is 0 Å². The lowest BCUT2D eigenvalue weighted by Gasteiger charge is -2.24. The fourth-order valence-corrected chi connectivity index (χ4v) is 3.59. The van der Waals surface area contributed by atoms with Gasteiger partial charge in [0.1, 0.15) is 12.6 Å². The van der Waals surface area contributed by atoms with Crippen LogP contribution in [0.4, 0.5) is 5.69 Å². The van der Waals surface area contributed by atoms with Crippen molar-refractivity contribution in [1.82, 2.24) is 10.6 Å². The van der Waals surface area contributed by atoms with E-state index in [4.69, 9.17) is 0 Å². The number of nitrogens with one attached hydrogen (secondary N) is 2. The Kier molecular flexibility index (Phi) is 5.82. The molecule has 1 fully saturated rings. The monoisotopic (exact) mass is 353 g/mol. The lowest BCUT2D eigenvalue weighted by atomic mass is 10.1. The van der Waals surface area contributed by atoms with Crippen LogP contribution in [0.2, 0.25) is 0 Å². The van der Waals surface area contributed by atoms with Crippen molar-refractivity contribution >= 4 is 27.5 Å². The van der Waals surface area contributed by atoms with Crippen molar-refractivity contribution in [2.24, 2.45) is 0 Å². The van der Waals surface area contributed by atoms with Crippen LogP contribution in [0, 0.1) is 6.92 Å². The Labute approximate surface area is 142 Å². The van der Waals surface area contributed by atoms with Gasteiger partial charge in [-0.3, -0.25) is 13.9 Å². The van der Waals surface area contributed by atoms with E-state index in [1.165, 1.54) is 0 Å². The molecule has 2 N–H and O–H groups in total. The molecule has 1 aromatic carbocycles. The highest BCUT2D eigenvalue weighted by atomic mass is 32.2. The number of para-hydroxylation sites is 1. The summed E-state index contributed by atoms with van der Waals surface area (Å²) in [6.07, 6.45) is 3.32. The molecular formula is C16H23N3O4S. The Bertz CT molecular complexity index is 718. The number of benzene rings is 1. The predicted molar refractivity (Wildman–Crippen MR) is 92.2 cm³/mol. The molecule has 1 saturated heterocycles. The quantitative estimate of drug-likeness (QED) is 0.808. The van der Waals surface area contributed by atoms with E-state index in [2.05, 4.69) is 10.6 Å². The number of amides is 2. The van der Waals surface area contributed by atoms with Gasteiger partial charge in [-0.05, 0) is 37.8 Å². The maximum atomic E-state index is 12.3. The summed E-state index contributed by atoms with van der Waals surface area (Å²) in [6, 6.07) is 6.34. The number of anilines is 1. The van der Waals surface area contributed by atoms with Crippen molar-refractivity contribution in [3.63, 3.8) is 0 Å². The van der Waals surface area contributed by atoms with Gasteiger partial charge in [0, 0.05) is 6.54 Å². The summed E-state index contributed by atoms with van der Waals surface area (Å²) in [6.45, 7) is 2.03. The molecule has 1 heterocycles. The number of carbonyl (C=O) groups excluding carboxylic acids is 2. The molecule has 24 heavy (non-hydrogen) atoms. The first kappa shape index (κ1) is 18.3. The number of nitrogens with zero attached hydrogens (tertiary/aromatic N) is 1. The first-order valence-corrected chi connectivity index (χ1v) is 9.74. The van der Waals surface area contributed by atoms with Crippen LogP contribution < -0.4 is 14.9 Å². The highest BCUT2D eigenvalue weighted by molar-refractivity contribution is 7.92. The minimum absolute atomic E-state index is 0.220. The minimum Gasteiger partial charge on any atom is -0.354 e. The van der Waals surface area contributed by atoms with Crippen LogP contribution >= 0.6 is 0 Å². The van der Waals surface area contributed by atoms with Crippen LogP contribution in [0.25, 0.3) is 0 Å². The van der Waals surface area contributed by atoms with Gasteiger partial charge in [-0.2, -0.15) is 0 Å². The molecule has 1 unspecified atom stereocenters. The van der Waals surface area contributed by atoms with Crippen molar-refractivity contribution in [2.75, 3.05) is 23.7 Å². The van der Waals surface area contributed by atoms with Crippen molar-refractivity contribution in [2.45, 2.75) is 32.2 Å². The zero-order valence-corrected chi connectivity index (χ0v) is 14.7. The van der Waals surface area contributed by atoms with Gasteiger partial charge in [0.25, 0.3) is 0 Å². The van der Waals surface area contributed by atoms with Gasteiger partial charge in [0.05, 0.1) is 11.9 Å². The molecule has 0 saturated carbocycles. The van der Waals surface area contributed by atoms with E-state index in [-0.39, 0.29) is 12.5 Å². The van der Waals surface area contributed by atoms with Crippen LogP contribution in [0.3, 0.4) is 0 Å². The summed E-state index contributed by atoms with van der Waals surface area (Å²) in [4.78, 5) is 24.2. The van der Waals surface area contributed by atoms with Crippen LogP contribution in [0.5, 0.6) is 0 Å². The topological polar surface area (TPSA) is 95.6 Å². The first-order chi connectivity index (χ1) is 11.3. The summed E-state index contributed by atoms with van der Waals surface area (Å²) in [5.74, 6) is -0.714. The number of aryl methyl sites for hydroxylation is 1. The highest BCUT2D eigenvalue weighted by Crippen LogP contribution is 2.21. The third-order valence-corrected chi connectivity index (χ3v) is 5.07. The second-order valence-corrected chi connectivity index (χ2v) is 7.87. The number of hydrogen-bond acceptors (Lipinski definition) is 4. The SMILES string of the molecule is Cc1ccccc1N(CC(=O)NC1CCCCNC1=O)S(C)(=O)=O. The molecule has 1 aliphatic heterocycles. The summed E-state index contributed by atoms with van der Waals surface area (Å²) < 4.78 is 25.3. The van der Waals surface area contributed by atoms with Gasteiger partial charge in [-0.25, -0.2) is 8.42 Å². The fraction of sp³-hybridized carbons (Fsp3) is 0.500. The van der Waals surface area contributed by atoms with Crippen LogP contribution in [-0.4, -0.2) is 45.6 Å². The molecule has 2 amide bonds. The van der Waals surface area contributed by atoms with Crippen LogP contribution in [0.1, 0.15) is 24.8 Å². The first-order valence-electron chi connectivity index (χ1n) is 7.89. The molecule has 132 valence electrons. The largest absolute Gasteiger partial charge is 0.354 e. The molecule has 1 aromatic rings. The van der Waals surface area contributed by atoms with Crippen molar-refractivity contribution in [1.29, 1.82) is 0 Å². The Balaban J connectivity index is 2.14. The standard InChI is InChI=1S/C16H23N3O4S/c1-12-7-3-4-9-14(12)19(24(2,22)23)11-15(20)18-13-8-5-6-10-17-16(13)21/h3-4,7,9,13H,5-6,8,10-11H2,1-2H3,(H,17,21)(H,18,20). The highest BCUT2D eigenvalue weighted by Gasteiger charge is 2.26. The van der Waals surface area contributed by atoms with E-state index in [1.54, 1.807) is 31.2 Å². The zero-order valence-electron chi connectivity index (χ0n) is 13.9. The molecule has 0 spiro atoms. The molecule has 0 aliphatic carbocycles.